The Bertz CT molecular complexity index is 689. The van der Waals surface area contributed by atoms with E-state index in [-0.39, 0.29) is 0 Å². The molecule has 0 atom stereocenters. The maximum atomic E-state index is 11.1. The summed E-state index contributed by atoms with van der Waals surface area (Å²) in [6.45, 7) is 0.993. The number of nitrogens with zero attached hydrogens (tertiary/aromatic N) is 1. The van der Waals surface area contributed by atoms with Crippen molar-refractivity contribution in [1.29, 1.82) is 0 Å². The molecule has 0 N–H and O–H groups in total. The molecule has 0 saturated carbocycles. The van der Waals surface area contributed by atoms with Crippen LogP contribution in [0.25, 0.3) is 0 Å². The summed E-state index contributed by atoms with van der Waals surface area (Å²) in [6, 6.07) is 14.4. The van der Waals surface area contributed by atoms with E-state index < -0.39 is 0 Å². The number of unbranched alkanes of at least 4 members (excludes halogenated alkanes) is 3. The summed E-state index contributed by atoms with van der Waals surface area (Å²) >= 11 is 7.50. The molecule has 0 fully saturated rings. The second-order valence-corrected chi connectivity index (χ2v) is 7.13. The van der Waals surface area contributed by atoms with Gasteiger partial charge in [0.1, 0.15) is 6.29 Å². The highest BCUT2D eigenvalue weighted by Crippen LogP contribution is 2.48. The molecule has 0 aliphatic carbocycles. The van der Waals surface area contributed by atoms with Crippen molar-refractivity contribution in [1.82, 2.24) is 0 Å². The van der Waals surface area contributed by atoms with Gasteiger partial charge in [0.25, 0.3) is 0 Å². The lowest BCUT2D eigenvalue weighted by atomic mass is 10.1. The second-order valence-electron chi connectivity index (χ2n) is 5.67. The van der Waals surface area contributed by atoms with E-state index in [9.17, 15) is 4.79 Å². The Morgan fingerprint density at radius 1 is 0.957 bits per heavy atom. The van der Waals surface area contributed by atoms with Gasteiger partial charge in [0.15, 0.2) is 0 Å². The Morgan fingerprint density at radius 3 is 2.57 bits per heavy atom. The van der Waals surface area contributed by atoms with E-state index >= 15 is 0 Å². The highest BCUT2D eigenvalue weighted by Gasteiger charge is 2.22. The third-order valence-corrected chi connectivity index (χ3v) is 5.43. The van der Waals surface area contributed by atoms with Crippen LogP contribution in [-0.4, -0.2) is 18.7 Å². The topological polar surface area (TPSA) is 20.3 Å². The molecule has 2 aromatic carbocycles. The minimum absolute atomic E-state index is 0.734. The number of anilines is 2. The second kappa shape index (κ2) is 7.89. The summed E-state index contributed by atoms with van der Waals surface area (Å²) in [5.74, 6) is 0.750. The van der Waals surface area contributed by atoms with E-state index in [1.807, 2.05) is 12.1 Å². The molecule has 0 aromatic heterocycles. The smallest absolute Gasteiger partial charge is 0.150 e. The molecule has 2 nitrogen and oxygen atoms in total. The fourth-order valence-electron chi connectivity index (χ4n) is 2.88. The quantitative estimate of drug-likeness (QED) is 0.354. The summed E-state index contributed by atoms with van der Waals surface area (Å²) in [6.07, 6.45) is 5.53. The first-order chi connectivity index (χ1) is 11.3. The molecule has 120 valence electrons. The van der Waals surface area contributed by atoms with Crippen molar-refractivity contribution in [3.63, 3.8) is 0 Å². The number of hydrogen-bond donors (Lipinski definition) is 0. The van der Waals surface area contributed by atoms with Crippen LogP contribution < -0.4 is 4.90 Å². The van der Waals surface area contributed by atoms with Crippen LogP contribution in [-0.2, 0) is 0 Å². The van der Waals surface area contributed by atoms with Crippen LogP contribution in [0.1, 0.15) is 36.0 Å². The number of carbonyl (C=O) groups excluding carboxylic acids is 1. The van der Waals surface area contributed by atoms with Crippen LogP contribution >= 0.6 is 23.4 Å². The monoisotopic (exact) mass is 345 g/mol. The van der Waals surface area contributed by atoms with Gasteiger partial charge < -0.3 is 4.90 Å². The van der Waals surface area contributed by atoms with Gasteiger partial charge >= 0.3 is 0 Å². The predicted octanol–water partition coefficient (Wildman–Crippen LogP) is 5.90. The number of halogens is 1. The fourth-order valence-corrected chi connectivity index (χ4v) is 4.22. The van der Waals surface area contributed by atoms with Crippen LogP contribution in [0, 0.1) is 0 Å². The van der Waals surface area contributed by atoms with Crippen LogP contribution in [0.4, 0.5) is 11.4 Å². The Morgan fingerprint density at radius 2 is 1.74 bits per heavy atom. The molecule has 4 heteroatoms. The Hall–Kier alpha value is -1.45. The van der Waals surface area contributed by atoms with Gasteiger partial charge in [0, 0.05) is 27.8 Å². The van der Waals surface area contributed by atoms with Crippen molar-refractivity contribution < 1.29 is 4.79 Å². The summed E-state index contributed by atoms with van der Waals surface area (Å²) in [4.78, 5) is 15.9. The molecular weight excluding hydrogens is 326 g/mol. The van der Waals surface area contributed by atoms with Gasteiger partial charge in [-0.25, -0.2) is 0 Å². The Kier molecular flexibility index (Phi) is 5.63. The van der Waals surface area contributed by atoms with Gasteiger partial charge in [-0.05, 0) is 43.2 Å². The van der Waals surface area contributed by atoms with Gasteiger partial charge in [-0.3, -0.25) is 4.79 Å². The van der Waals surface area contributed by atoms with Gasteiger partial charge in [0.05, 0.1) is 11.4 Å². The van der Waals surface area contributed by atoms with Crippen molar-refractivity contribution in [2.24, 2.45) is 0 Å². The summed E-state index contributed by atoms with van der Waals surface area (Å²) in [5.41, 5.74) is 3.20. The number of carbonyl (C=O) groups is 1. The molecule has 0 bridgehead atoms. The Balaban J connectivity index is 1.84. The molecule has 0 amide bonds. The van der Waals surface area contributed by atoms with Crippen LogP contribution in [0.15, 0.2) is 52.3 Å². The van der Waals surface area contributed by atoms with Crippen LogP contribution in [0.3, 0.4) is 0 Å². The van der Waals surface area contributed by atoms with E-state index in [1.165, 1.54) is 29.1 Å². The van der Waals surface area contributed by atoms with Crippen molar-refractivity contribution in [3.8, 4) is 0 Å². The molecular formula is C19H20ClNOS. The Labute approximate surface area is 146 Å². The van der Waals surface area contributed by atoms with Gasteiger partial charge in [0.2, 0.25) is 0 Å². The molecule has 0 radical (unpaired) electrons. The lowest BCUT2D eigenvalue weighted by Gasteiger charge is -2.33. The first-order valence-electron chi connectivity index (χ1n) is 8.03. The minimum Gasteiger partial charge on any atom is -0.340 e. The van der Waals surface area contributed by atoms with Crippen molar-refractivity contribution in [3.05, 3.63) is 48.0 Å². The molecule has 0 saturated heterocycles. The average molecular weight is 346 g/mol. The first kappa shape index (κ1) is 16.4. The van der Waals surface area contributed by atoms with Gasteiger partial charge in [-0.15, -0.1) is 11.6 Å². The van der Waals surface area contributed by atoms with Crippen molar-refractivity contribution >= 4 is 41.0 Å². The average Bonchev–Trinajstić information content (AvgIpc) is 2.60. The number of fused-ring (bicyclic) bond motifs is 2. The highest BCUT2D eigenvalue weighted by atomic mass is 35.5. The van der Waals surface area contributed by atoms with Gasteiger partial charge in [-0.1, -0.05) is 36.7 Å². The third-order valence-electron chi connectivity index (χ3n) is 4.05. The van der Waals surface area contributed by atoms with E-state index in [0.29, 0.717) is 0 Å². The maximum Gasteiger partial charge on any atom is 0.150 e. The minimum atomic E-state index is 0.734. The zero-order valence-corrected chi connectivity index (χ0v) is 14.6. The van der Waals surface area contributed by atoms with E-state index in [0.717, 1.165) is 42.0 Å². The van der Waals surface area contributed by atoms with Crippen LogP contribution in [0.5, 0.6) is 0 Å². The van der Waals surface area contributed by atoms with E-state index in [4.69, 9.17) is 11.6 Å². The number of para-hydroxylation sites is 1. The van der Waals surface area contributed by atoms with E-state index in [2.05, 4.69) is 35.2 Å². The van der Waals surface area contributed by atoms with Gasteiger partial charge in [-0.2, -0.15) is 0 Å². The molecule has 0 spiro atoms. The maximum absolute atomic E-state index is 11.1. The zero-order valence-electron chi connectivity index (χ0n) is 13.0. The standard InChI is InChI=1S/C19H20ClNOS/c20-11-5-1-2-6-12-21-16-7-3-4-8-18(16)23-19-13-15(14-22)9-10-17(19)21/h3-4,7-10,13-14H,1-2,5-6,11-12H2. The highest BCUT2D eigenvalue weighted by molar-refractivity contribution is 7.99. The molecule has 23 heavy (non-hydrogen) atoms. The fraction of sp³-hybridized carbons (Fsp3) is 0.316. The number of rotatable bonds is 7. The molecule has 1 aliphatic rings. The summed E-state index contributed by atoms with van der Waals surface area (Å²) in [5, 5.41) is 0. The number of benzene rings is 2. The predicted molar refractivity (Wildman–Crippen MR) is 98.6 cm³/mol. The van der Waals surface area contributed by atoms with Crippen molar-refractivity contribution in [2.45, 2.75) is 35.5 Å². The molecule has 1 heterocycles. The SMILES string of the molecule is O=Cc1ccc2c(c1)Sc1ccccc1N2CCCCCCCl. The van der Waals surface area contributed by atoms with Crippen LogP contribution in [0.2, 0.25) is 0 Å². The molecule has 2 aromatic rings. The third kappa shape index (κ3) is 3.73. The summed E-state index contributed by atoms with van der Waals surface area (Å²) in [7, 11) is 0. The lowest BCUT2D eigenvalue weighted by molar-refractivity contribution is 0.112. The number of alkyl halides is 1. The normalized spacial score (nSPS) is 12.7. The lowest BCUT2D eigenvalue weighted by Crippen LogP contribution is -2.22. The first-order valence-corrected chi connectivity index (χ1v) is 9.38. The zero-order chi connectivity index (χ0) is 16.1. The molecule has 0 unspecified atom stereocenters. The van der Waals surface area contributed by atoms with Crippen molar-refractivity contribution in [2.75, 3.05) is 17.3 Å². The molecule has 3 rings (SSSR count). The number of aldehydes is 1. The van der Waals surface area contributed by atoms with E-state index in [1.54, 1.807) is 11.8 Å². The molecule has 1 aliphatic heterocycles. The number of hydrogen-bond acceptors (Lipinski definition) is 3. The summed E-state index contributed by atoms with van der Waals surface area (Å²) < 4.78 is 0. The largest absolute Gasteiger partial charge is 0.340 e.